The molecule has 0 aliphatic rings. The number of hydrogen-bond acceptors (Lipinski definition) is 1. The smallest absolute Gasteiger partial charge is 0.286 e. The Bertz CT molecular complexity index is 314. The Hall–Kier alpha value is -0.313. The number of rotatable bonds is 4. The van der Waals surface area contributed by atoms with Crippen LogP contribution >= 0.6 is 11.1 Å². The Balaban J connectivity index is 3.06. The van der Waals surface area contributed by atoms with Crippen LogP contribution in [0.1, 0.15) is 31.7 Å². The topological polar surface area (TPSA) is 3.24 Å². The zero-order valence-corrected chi connectivity index (χ0v) is 11.7. The molecule has 1 rings (SSSR count). The summed E-state index contributed by atoms with van der Waals surface area (Å²) in [5, 5.41) is 1.34. The predicted molar refractivity (Wildman–Crippen MR) is 70.1 cm³/mol. The average Bonchev–Trinajstić information content (AvgIpc) is 2.27. The van der Waals surface area contributed by atoms with E-state index < -0.39 is 8.27 Å². The van der Waals surface area contributed by atoms with Gasteiger partial charge < -0.3 is 4.57 Å². The summed E-state index contributed by atoms with van der Waals surface area (Å²) < 4.78 is 2.13. The molecule has 0 fully saturated rings. The molecular weight excluding hydrogens is 222 g/mol. The molecule has 3 heteroatoms. The van der Waals surface area contributed by atoms with Crippen LogP contribution < -0.4 is 5.19 Å². The van der Waals surface area contributed by atoms with Crippen molar-refractivity contribution in [3.8, 4) is 0 Å². The molecule has 0 heterocycles. The fraction of sp³-hybridized carbons (Fsp3) is 0.500. The summed E-state index contributed by atoms with van der Waals surface area (Å²) in [7, 11) is 3.04. The van der Waals surface area contributed by atoms with E-state index in [4.69, 9.17) is 11.1 Å². The largest absolute Gasteiger partial charge is 0.314 e. The second-order valence-corrected chi connectivity index (χ2v) is 7.17. The molecule has 0 aromatic heterocycles. The number of nitrogens with zero attached hydrogens (tertiary/aromatic N) is 1. The Morgan fingerprint density at radius 1 is 1.33 bits per heavy atom. The molecular formula is C12H19ClNSi. The third-order valence-corrected chi connectivity index (χ3v) is 6.03. The second kappa shape index (κ2) is 5.68. The highest BCUT2D eigenvalue weighted by Gasteiger charge is 2.19. The summed E-state index contributed by atoms with van der Waals surface area (Å²) in [5.41, 5.74) is 1.41. The maximum atomic E-state index is 6.48. The maximum absolute atomic E-state index is 6.48. The van der Waals surface area contributed by atoms with Crippen molar-refractivity contribution in [1.82, 2.24) is 4.57 Å². The average molecular weight is 241 g/mol. The first-order valence-corrected chi connectivity index (χ1v) is 7.82. The van der Waals surface area contributed by atoms with Gasteiger partial charge in [-0.15, -0.1) is 11.1 Å². The van der Waals surface area contributed by atoms with Gasteiger partial charge in [0.15, 0.2) is 0 Å². The van der Waals surface area contributed by atoms with E-state index in [-0.39, 0.29) is 0 Å². The van der Waals surface area contributed by atoms with Crippen molar-refractivity contribution in [3.63, 3.8) is 0 Å². The van der Waals surface area contributed by atoms with Gasteiger partial charge in [0.25, 0.3) is 8.27 Å². The van der Waals surface area contributed by atoms with Gasteiger partial charge in [-0.3, -0.25) is 0 Å². The third-order valence-electron chi connectivity index (χ3n) is 2.72. The monoisotopic (exact) mass is 240 g/mol. The van der Waals surface area contributed by atoms with Crippen molar-refractivity contribution in [2.75, 3.05) is 14.1 Å². The third kappa shape index (κ3) is 3.07. The van der Waals surface area contributed by atoms with Gasteiger partial charge in [0.1, 0.15) is 0 Å². The fourth-order valence-corrected chi connectivity index (χ4v) is 3.38. The van der Waals surface area contributed by atoms with Crippen LogP contribution in [0.2, 0.25) is 0 Å². The van der Waals surface area contributed by atoms with Crippen molar-refractivity contribution in [1.29, 1.82) is 0 Å². The van der Waals surface area contributed by atoms with Gasteiger partial charge in [0.05, 0.1) is 0 Å². The minimum Gasteiger partial charge on any atom is -0.314 e. The highest BCUT2D eigenvalue weighted by Crippen LogP contribution is 2.17. The molecule has 1 atom stereocenters. The SMILES string of the molecule is CCC(C)c1ccccc1[Si](Cl)N(C)C. The first-order valence-electron chi connectivity index (χ1n) is 5.37. The Kier molecular flexibility index (Phi) is 4.83. The lowest BCUT2D eigenvalue weighted by molar-refractivity contribution is 0.661. The van der Waals surface area contributed by atoms with E-state index in [1.807, 2.05) is 0 Å². The molecule has 0 aliphatic heterocycles. The van der Waals surface area contributed by atoms with E-state index in [9.17, 15) is 0 Å². The minimum absolute atomic E-state index is 0.597. The molecule has 1 nitrogen and oxygen atoms in total. The van der Waals surface area contributed by atoms with Crippen LogP contribution in [0.3, 0.4) is 0 Å². The van der Waals surface area contributed by atoms with Gasteiger partial charge in [-0.1, -0.05) is 38.1 Å². The van der Waals surface area contributed by atoms with Crippen LogP contribution in [-0.2, 0) is 0 Å². The van der Waals surface area contributed by atoms with Gasteiger partial charge in [-0.25, -0.2) is 0 Å². The van der Waals surface area contributed by atoms with E-state index in [2.05, 4.69) is 56.8 Å². The molecule has 0 saturated heterocycles. The minimum atomic E-state index is -1.06. The standard InChI is InChI=1S/C12H19ClNSi/c1-5-10(2)11-8-6-7-9-12(11)15(13)14(3)4/h6-10H,5H2,1-4H3. The highest BCUT2D eigenvalue weighted by atomic mass is 35.6. The van der Waals surface area contributed by atoms with Crippen LogP contribution in [0.25, 0.3) is 0 Å². The van der Waals surface area contributed by atoms with Gasteiger partial charge in [0, 0.05) is 0 Å². The summed E-state index contributed by atoms with van der Waals surface area (Å²) in [6.07, 6.45) is 1.16. The predicted octanol–water partition coefficient (Wildman–Crippen LogP) is 2.70. The lowest BCUT2D eigenvalue weighted by Crippen LogP contribution is -2.41. The van der Waals surface area contributed by atoms with E-state index in [0.29, 0.717) is 5.92 Å². The molecule has 0 aliphatic carbocycles. The van der Waals surface area contributed by atoms with Gasteiger partial charge in [0.2, 0.25) is 0 Å². The normalized spacial score (nSPS) is 13.5. The molecule has 83 valence electrons. The summed E-state index contributed by atoms with van der Waals surface area (Å²) in [6, 6.07) is 8.56. The van der Waals surface area contributed by atoms with Crippen molar-refractivity contribution in [2.45, 2.75) is 26.2 Å². The van der Waals surface area contributed by atoms with Crippen LogP contribution in [0.15, 0.2) is 24.3 Å². The van der Waals surface area contributed by atoms with E-state index in [0.717, 1.165) is 6.42 Å². The van der Waals surface area contributed by atoms with Crippen LogP contribution in [0, 0.1) is 0 Å². The van der Waals surface area contributed by atoms with Crippen LogP contribution in [-0.4, -0.2) is 26.9 Å². The second-order valence-electron chi connectivity index (χ2n) is 4.08. The molecule has 1 aromatic carbocycles. The van der Waals surface area contributed by atoms with Crippen molar-refractivity contribution < 1.29 is 0 Å². The lowest BCUT2D eigenvalue weighted by atomic mass is 9.99. The molecule has 0 N–H and O–H groups in total. The van der Waals surface area contributed by atoms with Gasteiger partial charge in [-0.2, -0.15) is 0 Å². The molecule has 1 aromatic rings. The molecule has 1 radical (unpaired) electrons. The Labute approximate surface area is 99.4 Å². The van der Waals surface area contributed by atoms with Crippen molar-refractivity contribution in [3.05, 3.63) is 29.8 Å². The number of hydrogen-bond donors (Lipinski definition) is 0. The molecule has 0 saturated carbocycles. The van der Waals surface area contributed by atoms with Gasteiger partial charge >= 0.3 is 0 Å². The summed E-state index contributed by atoms with van der Waals surface area (Å²) >= 11 is 6.48. The Morgan fingerprint density at radius 2 is 1.93 bits per heavy atom. The van der Waals surface area contributed by atoms with Crippen LogP contribution in [0.5, 0.6) is 0 Å². The van der Waals surface area contributed by atoms with Crippen LogP contribution in [0.4, 0.5) is 0 Å². The number of benzene rings is 1. The quantitative estimate of drug-likeness (QED) is 0.578. The molecule has 1 unspecified atom stereocenters. The zero-order chi connectivity index (χ0) is 11.4. The molecule has 0 amide bonds. The fourth-order valence-electron chi connectivity index (χ4n) is 1.58. The first kappa shape index (κ1) is 12.8. The Morgan fingerprint density at radius 3 is 2.47 bits per heavy atom. The first-order chi connectivity index (χ1) is 7.07. The number of halogens is 1. The zero-order valence-electron chi connectivity index (χ0n) is 9.92. The summed E-state index contributed by atoms with van der Waals surface area (Å²) in [5.74, 6) is 0.597. The molecule has 0 bridgehead atoms. The maximum Gasteiger partial charge on any atom is 0.286 e. The van der Waals surface area contributed by atoms with Gasteiger partial charge in [-0.05, 0) is 37.2 Å². The summed E-state index contributed by atoms with van der Waals surface area (Å²) in [6.45, 7) is 4.48. The highest BCUT2D eigenvalue weighted by molar-refractivity contribution is 7.12. The van der Waals surface area contributed by atoms with E-state index in [1.165, 1.54) is 10.8 Å². The van der Waals surface area contributed by atoms with E-state index >= 15 is 0 Å². The van der Waals surface area contributed by atoms with E-state index in [1.54, 1.807) is 0 Å². The van der Waals surface area contributed by atoms with Crippen molar-refractivity contribution in [2.24, 2.45) is 0 Å². The molecule has 0 spiro atoms. The molecule has 15 heavy (non-hydrogen) atoms. The lowest BCUT2D eigenvalue weighted by Gasteiger charge is -2.21. The summed E-state index contributed by atoms with van der Waals surface area (Å²) in [4.78, 5) is 0. The van der Waals surface area contributed by atoms with Crippen molar-refractivity contribution >= 4 is 24.5 Å².